The van der Waals surface area contributed by atoms with Gasteiger partial charge < -0.3 is 9.47 Å². The Bertz CT molecular complexity index is 414. The molecule has 5 unspecified atom stereocenters. The third-order valence-electron chi connectivity index (χ3n) is 4.68. The van der Waals surface area contributed by atoms with Gasteiger partial charge in [-0.05, 0) is 38.0 Å². The number of carbonyl (C=O) groups is 2. The van der Waals surface area contributed by atoms with Crippen molar-refractivity contribution in [1.29, 1.82) is 0 Å². The monoisotopic (exact) mass is 250 g/mol. The van der Waals surface area contributed by atoms with E-state index in [1.807, 2.05) is 0 Å². The van der Waals surface area contributed by atoms with Crippen LogP contribution in [0.5, 0.6) is 0 Å². The molecule has 0 spiro atoms. The molecule has 0 aromatic rings. The van der Waals surface area contributed by atoms with Crippen molar-refractivity contribution < 1.29 is 19.1 Å². The van der Waals surface area contributed by atoms with E-state index in [2.05, 4.69) is 6.58 Å². The average Bonchev–Trinajstić information content (AvgIpc) is 2.87. The van der Waals surface area contributed by atoms with E-state index >= 15 is 0 Å². The van der Waals surface area contributed by atoms with Crippen molar-refractivity contribution >= 4 is 11.9 Å². The molecule has 2 bridgehead atoms. The van der Waals surface area contributed by atoms with Gasteiger partial charge in [-0.1, -0.05) is 6.58 Å². The van der Waals surface area contributed by atoms with Gasteiger partial charge in [-0.15, -0.1) is 0 Å². The van der Waals surface area contributed by atoms with Crippen LogP contribution in [0.3, 0.4) is 0 Å². The molecule has 2 saturated carbocycles. The molecular weight excluding hydrogens is 232 g/mol. The predicted octanol–water partition coefficient (Wildman–Crippen LogP) is 1.69. The molecule has 1 aliphatic heterocycles. The second-order valence-corrected chi connectivity index (χ2v) is 5.77. The van der Waals surface area contributed by atoms with Gasteiger partial charge in [0.1, 0.15) is 6.10 Å². The summed E-state index contributed by atoms with van der Waals surface area (Å²) in [5.41, 5.74) is 0.442. The number of hydrogen-bond donors (Lipinski definition) is 0. The minimum absolute atomic E-state index is 0.0219. The summed E-state index contributed by atoms with van der Waals surface area (Å²) < 4.78 is 10.6. The van der Waals surface area contributed by atoms with Crippen LogP contribution in [0.25, 0.3) is 0 Å². The number of rotatable bonds is 2. The van der Waals surface area contributed by atoms with Gasteiger partial charge in [-0.3, -0.25) is 4.79 Å². The first kappa shape index (κ1) is 11.8. The van der Waals surface area contributed by atoms with Crippen LogP contribution in [0.15, 0.2) is 12.2 Å². The second-order valence-electron chi connectivity index (χ2n) is 5.77. The number of fused-ring (bicyclic) bond motifs is 5. The highest BCUT2D eigenvalue weighted by Gasteiger charge is 2.58. The molecule has 3 fully saturated rings. The lowest BCUT2D eigenvalue weighted by Gasteiger charge is -2.36. The number of esters is 2. The summed E-state index contributed by atoms with van der Waals surface area (Å²) in [6.07, 6.45) is 2.70. The lowest BCUT2D eigenvalue weighted by atomic mass is 9.75. The van der Waals surface area contributed by atoms with E-state index < -0.39 is 0 Å². The smallest absolute Gasteiger partial charge is 0.333 e. The van der Waals surface area contributed by atoms with Gasteiger partial charge in [0.25, 0.3) is 0 Å². The molecule has 0 N–H and O–H groups in total. The minimum Gasteiger partial charge on any atom is -0.465 e. The van der Waals surface area contributed by atoms with Crippen LogP contribution in [-0.2, 0) is 19.1 Å². The van der Waals surface area contributed by atoms with Gasteiger partial charge in [0, 0.05) is 11.5 Å². The highest BCUT2D eigenvalue weighted by Crippen LogP contribution is 2.56. The maximum absolute atomic E-state index is 11.8. The quantitative estimate of drug-likeness (QED) is 0.553. The summed E-state index contributed by atoms with van der Waals surface area (Å²) in [5, 5.41) is 0. The molecule has 1 saturated heterocycles. The molecule has 3 aliphatic rings. The Hall–Kier alpha value is -1.32. The standard InChI is InChI=1S/C14H18O4/c1-7(2)13(15)18-11-6-8-5-10(11)9-3-4-17-14(16)12(8)9/h8-12H,1,3-6H2,2H3. The van der Waals surface area contributed by atoms with Crippen molar-refractivity contribution in [3.63, 3.8) is 0 Å². The van der Waals surface area contributed by atoms with Crippen LogP contribution in [-0.4, -0.2) is 24.6 Å². The summed E-state index contributed by atoms with van der Waals surface area (Å²) in [6, 6.07) is 0. The van der Waals surface area contributed by atoms with E-state index in [1.54, 1.807) is 6.92 Å². The first-order valence-electron chi connectivity index (χ1n) is 6.61. The minimum atomic E-state index is -0.303. The fourth-order valence-electron chi connectivity index (χ4n) is 3.96. The fourth-order valence-corrected chi connectivity index (χ4v) is 3.96. The van der Waals surface area contributed by atoms with Crippen molar-refractivity contribution in [3.8, 4) is 0 Å². The first-order valence-corrected chi connectivity index (χ1v) is 6.61. The van der Waals surface area contributed by atoms with E-state index in [1.165, 1.54) is 0 Å². The van der Waals surface area contributed by atoms with Crippen molar-refractivity contribution in [1.82, 2.24) is 0 Å². The van der Waals surface area contributed by atoms with Crippen LogP contribution >= 0.6 is 0 Å². The molecule has 3 rings (SSSR count). The molecule has 1 heterocycles. The zero-order valence-corrected chi connectivity index (χ0v) is 10.6. The van der Waals surface area contributed by atoms with Crippen molar-refractivity contribution in [2.75, 3.05) is 6.61 Å². The Morgan fingerprint density at radius 1 is 1.39 bits per heavy atom. The zero-order valence-electron chi connectivity index (χ0n) is 10.6. The molecule has 0 aromatic carbocycles. The molecule has 5 atom stereocenters. The van der Waals surface area contributed by atoms with Crippen molar-refractivity contribution in [2.45, 2.75) is 32.3 Å². The summed E-state index contributed by atoms with van der Waals surface area (Å²) in [4.78, 5) is 23.3. The lowest BCUT2D eigenvalue weighted by Crippen LogP contribution is -2.42. The summed E-state index contributed by atoms with van der Waals surface area (Å²) in [7, 11) is 0. The van der Waals surface area contributed by atoms with E-state index in [4.69, 9.17) is 9.47 Å². The van der Waals surface area contributed by atoms with Gasteiger partial charge in [-0.25, -0.2) is 4.79 Å². The molecule has 0 radical (unpaired) electrons. The first-order chi connectivity index (χ1) is 8.58. The van der Waals surface area contributed by atoms with E-state index in [0.29, 0.717) is 29.9 Å². The third kappa shape index (κ3) is 1.66. The number of hydrogen-bond acceptors (Lipinski definition) is 4. The normalized spacial score (nSPS) is 41.2. The molecule has 0 amide bonds. The van der Waals surface area contributed by atoms with E-state index in [9.17, 15) is 9.59 Å². The predicted molar refractivity (Wildman–Crippen MR) is 63.5 cm³/mol. The largest absolute Gasteiger partial charge is 0.465 e. The Kier molecular flexibility index (Phi) is 2.68. The van der Waals surface area contributed by atoms with E-state index in [0.717, 1.165) is 19.3 Å². The molecular formula is C14H18O4. The topological polar surface area (TPSA) is 52.6 Å². The molecule has 98 valence electrons. The molecule has 4 nitrogen and oxygen atoms in total. The maximum atomic E-state index is 11.8. The Morgan fingerprint density at radius 3 is 2.89 bits per heavy atom. The maximum Gasteiger partial charge on any atom is 0.333 e. The molecule has 4 heteroatoms. The average molecular weight is 250 g/mol. The van der Waals surface area contributed by atoms with Crippen LogP contribution in [0.2, 0.25) is 0 Å². The van der Waals surface area contributed by atoms with Crippen LogP contribution < -0.4 is 0 Å². The Morgan fingerprint density at radius 2 is 2.17 bits per heavy atom. The van der Waals surface area contributed by atoms with Gasteiger partial charge >= 0.3 is 11.9 Å². The van der Waals surface area contributed by atoms with Crippen LogP contribution in [0.4, 0.5) is 0 Å². The third-order valence-corrected chi connectivity index (χ3v) is 4.68. The SMILES string of the molecule is C=C(C)C(=O)OC1CC2CC1C1CCOC(=O)C21. The summed E-state index contributed by atoms with van der Waals surface area (Å²) >= 11 is 0. The van der Waals surface area contributed by atoms with Crippen molar-refractivity contribution in [2.24, 2.45) is 23.7 Å². The zero-order chi connectivity index (χ0) is 12.9. The Labute approximate surface area is 106 Å². The van der Waals surface area contributed by atoms with Gasteiger partial charge in [0.2, 0.25) is 0 Å². The van der Waals surface area contributed by atoms with Gasteiger partial charge in [0.05, 0.1) is 12.5 Å². The fraction of sp³-hybridized carbons (Fsp3) is 0.714. The Balaban J connectivity index is 1.72. The van der Waals surface area contributed by atoms with Crippen molar-refractivity contribution in [3.05, 3.63) is 12.2 Å². The molecule has 18 heavy (non-hydrogen) atoms. The molecule has 0 aromatic heterocycles. The number of carbonyl (C=O) groups excluding carboxylic acids is 2. The van der Waals surface area contributed by atoms with Crippen LogP contribution in [0.1, 0.15) is 26.2 Å². The summed E-state index contributed by atoms with van der Waals surface area (Å²) in [5.74, 6) is 0.759. The lowest BCUT2D eigenvalue weighted by molar-refractivity contribution is -0.164. The van der Waals surface area contributed by atoms with E-state index in [-0.39, 0.29) is 24.0 Å². The number of ether oxygens (including phenoxy) is 2. The highest BCUT2D eigenvalue weighted by molar-refractivity contribution is 5.87. The highest BCUT2D eigenvalue weighted by atomic mass is 16.5. The molecule has 2 aliphatic carbocycles. The van der Waals surface area contributed by atoms with Crippen LogP contribution in [0, 0.1) is 23.7 Å². The van der Waals surface area contributed by atoms with Gasteiger partial charge in [0.15, 0.2) is 0 Å². The second kappa shape index (κ2) is 4.11. The van der Waals surface area contributed by atoms with Gasteiger partial charge in [-0.2, -0.15) is 0 Å². The number of cyclic esters (lactones) is 1. The summed E-state index contributed by atoms with van der Waals surface area (Å²) in [6.45, 7) is 5.79.